The molecule has 2 fully saturated rings. The lowest BCUT2D eigenvalue weighted by atomic mass is 9.73. The van der Waals surface area contributed by atoms with Gasteiger partial charge < -0.3 is 20.1 Å². The third-order valence-corrected chi connectivity index (χ3v) is 6.49. The second-order valence-electron chi connectivity index (χ2n) is 9.81. The summed E-state index contributed by atoms with van der Waals surface area (Å²) >= 11 is 0. The van der Waals surface area contributed by atoms with Crippen LogP contribution in [0.25, 0.3) is 0 Å². The molecule has 1 aliphatic heterocycles. The fraction of sp³-hybridized carbons (Fsp3) is 0.583. The van der Waals surface area contributed by atoms with Crippen molar-refractivity contribution in [3.8, 4) is 5.75 Å². The summed E-state index contributed by atoms with van der Waals surface area (Å²) in [6.45, 7) is 7.01. The summed E-state index contributed by atoms with van der Waals surface area (Å²) in [4.78, 5) is 50.9. The van der Waals surface area contributed by atoms with E-state index in [1.807, 2.05) is 19.1 Å². The first kappa shape index (κ1) is 24.5. The van der Waals surface area contributed by atoms with Gasteiger partial charge in [-0.2, -0.15) is 0 Å². The first-order valence-corrected chi connectivity index (χ1v) is 11.3. The third kappa shape index (κ3) is 5.12. The average Bonchev–Trinajstić information content (AvgIpc) is 2.98. The fourth-order valence-corrected chi connectivity index (χ4v) is 4.42. The molecule has 1 saturated carbocycles. The largest absolute Gasteiger partial charge is 0.495 e. The SMILES string of the molecule is COc1ccc(C(C)(C)C)cc1NC(=O)COC(=O)CN1C(=O)N[C@@]2(CCCC[C@@H]2C)C1=O. The minimum absolute atomic E-state index is 0.00617. The molecule has 1 aromatic rings. The van der Waals surface area contributed by atoms with Gasteiger partial charge in [-0.3, -0.25) is 19.3 Å². The zero-order chi connectivity index (χ0) is 24.4. The van der Waals surface area contributed by atoms with E-state index in [0.717, 1.165) is 29.7 Å². The molecule has 0 bridgehead atoms. The fourth-order valence-electron chi connectivity index (χ4n) is 4.42. The molecule has 33 heavy (non-hydrogen) atoms. The molecule has 0 radical (unpaired) electrons. The van der Waals surface area contributed by atoms with Crippen LogP contribution in [0.15, 0.2) is 18.2 Å². The number of urea groups is 1. The second-order valence-corrected chi connectivity index (χ2v) is 9.81. The number of rotatable bonds is 6. The van der Waals surface area contributed by atoms with Crippen molar-refractivity contribution in [3.05, 3.63) is 23.8 Å². The number of imide groups is 1. The second kappa shape index (κ2) is 9.41. The van der Waals surface area contributed by atoms with E-state index < -0.39 is 42.5 Å². The molecule has 0 aromatic heterocycles. The van der Waals surface area contributed by atoms with Crippen LogP contribution in [0.4, 0.5) is 10.5 Å². The van der Waals surface area contributed by atoms with Gasteiger partial charge in [-0.15, -0.1) is 0 Å². The molecular weight excluding hydrogens is 426 g/mol. The zero-order valence-corrected chi connectivity index (χ0v) is 19.9. The number of hydrogen-bond acceptors (Lipinski definition) is 6. The number of ether oxygens (including phenoxy) is 2. The van der Waals surface area contributed by atoms with Crippen LogP contribution in [0.5, 0.6) is 5.75 Å². The van der Waals surface area contributed by atoms with E-state index in [2.05, 4.69) is 31.4 Å². The first-order chi connectivity index (χ1) is 15.5. The number of nitrogens with one attached hydrogen (secondary N) is 2. The minimum Gasteiger partial charge on any atom is -0.495 e. The highest BCUT2D eigenvalue weighted by Gasteiger charge is 2.55. The average molecular weight is 460 g/mol. The Hall–Kier alpha value is -3.10. The molecule has 2 atom stereocenters. The zero-order valence-electron chi connectivity index (χ0n) is 19.9. The molecule has 3 rings (SSSR count). The van der Waals surface area contributed by atoms with Gasteiger partial charge in [-0.1, -0.05) is 46.6 Å². The van der Waals surface area contributed by atoms with Crippen molar-refractivity contribution in [1.82, 2.24) is 10.2 Å². The van der Waals surface area contributed by atoms with Crippen LogP contribution in [-0.4, -0.2) is 54.5 Å². The first-order valence-electron chi connectivity index (χ1n) is 11.3. The van der Waals surface area contributed by atoms with Gasteiger partial charge in [0, 0.05) is 0 Å². The van der Waals surface area contributed by atoms with E-state index in [0.29, 0.717) is 17.9 Å². The van der Waals surface area contributed by atoms with E-state index in [9.17, 15) is 19.2 Å². The van der Waals surface area contributed by atoms with Crippen LogP contribution >= 0.6 is 0 Å². The molecule has 9 heteroatoms. The minimum atomic E-state index is -0.943. The Morgan fingerprint density at radius 2 is 1.97 bits per heavy atom. The van der Waals surface area contributed by atoms with Crippen LogP contribution in [0.1, 0.15) is 58.9 Å². The number of carbonyl (C=O) groups is 4. The molecule has 1 aromatic carbocycles. The Bertz CT molecular complexity index is 954. The van der Waals surface area contributed by atoms with E-state index in [1.54, 1.807) is 6.07 Å². The monoisotopic (exact) mass is 459 g/mol. The van der Waals surface area contributed by atoms with Crippen molar-refractivity contribution >= 4 is 29.5 Å². The maximum Gasteiger partial charge on any atom is 0.326 e. The predicted molar refractivity (Wildman–Crippen MR) is 122 cm³/mol. The van der Waals surface area contributed by atoms with E-state index in [-0.39, 0.29) is 11.3 Å². The van der Waals surface area contributed by atoms with E-state index in [4.69, 9.17) is 9.47 Å². The van der Waals surface area contributed by atoms with Gasteiger partial charge >= 0.3 is 12.0 Å². The number of benzene rings is 1. The third-order valence-electron chi connectivity index (χ3n) is 6.49. The Labute approximate surface area is 194 Å². The van der Waals surface area contributed by atoms with Gasteiger partial charge in [-0.25, -0.2) is 4.79 Å². The lowest BCUT2D eigenvalue weighted by Gasteiger charge is -2.36. The van der Waals surface area contributed by atoms with Crippen LogP contribution in [0.3, 0.4) is 0 Å². The molecule has 2 aliphatic rings. The number of carbonyl (C=O) groups excluding carboxylic acids is 4. The summed E-state index contributed by atoms with van der Waals surface area (Å²) in [5.41, 5.74) is 0.392. The van der Waals surface area contributed by atoms with Crippen molar-refractivity contribution in [2.75, 3.05) is 25.6 Å². The summed E-state index contributed by atoms with van der Waals surface area (Å²) in [6.07, 6.45) is 3.24. The van der Waals surface area contributed by atoms with E-state index >= 15 is 0 Å². The van der Waals surface area contributed by atoms with Gasteiger partial charge in [0.1, 0.15) is 17.8 Å². The molecule has 180 valence electrons. The van der Waals surface area contributed by atoms with Gasteiger partial charge in [0.15, 0.2) is 6.61 Å². The molecular formula is C24H33N3O6. The lowest BCUT2D eigenvalue weighted by molar-refractivity contribution is -0.150. The molecule has 2 N–H and O–H groups in total. The van der Waals surface area contributed by atoms with Gasteiger partial charge in [0.25, 0.3) is 11.8 Å². The number of hydrogen-bond donors (Lipinski definition) is 2. The Balaban J connectivity index is 1.58. The van der Waals surface area contributed by atoms with Crippen molar-refractivity contribution < 1.29 is 28.7 Å². The molecule has 1 heterocycles. The number of amides is 4. The van der Waals surface area contributed by atoms with Crippen molar-refractivity contribution in [1.29, 1.82) is 0 Å². The summed E-state index contributed by atoms with van der Waals surface area (Å²) < 4.78 is 10.3. The smallest absolute Gasteiger partial charge is 0.326 e. The highest BCUT2D eigenvalue weighted by atomic mass is 16.5. The molecule has 4 amide bonds. The van der Waals surface area contributed by atoms with E-state index in [1.165, 1.54) is 7.11 Å². The van der Waals surface area contributed by atoms with Crippen molar-refractivity contribution in [2.45, 2.75) is 64.3 Å². The quantitative estimate of drug-likeness (QED) is 0.499. The predicted octanol–water partition coefficient (Wildman–Crippen LogP) is 2.98. The molecule has 9 nitrogen and oxygen atoms in total. The highest BCUT2D eigenvalue weighted by molar-refractivity contribution is 6.09. The number of esters is 1. The summed E-state index contributed by atoms with van der Waals surface area (Å²) in [5.74, 6) is -1.31. The topological polar surface area (TPSA) is 114 Å². The Morgan fingerprint density at radius 3 is 2.61 bits per heavy atom. The Kier molecular flexibility index (Phi) is 7.00. The van der Waals surface area contributed by atoms with Crippen LogP contribution in [-0.2, 0) is 24.5 Å². The van der Waals surface area contributed by atoms with Gasteiger partial charge in [0.2, 0.25) is 0 Å². The molecule has 1 spiro atoms. The maximum absolute atomic E-state index is 12.9. The molecule has 0 unspecified atom stereocenters. The van der Waals surface area contributed by atoms with Crippen molar-refractivity contribution in [2.24, 2.45) is 5.92 Å². The number of nitrogens with zero attached hydrogens (tertiary/aromatic N) is 1. The highest BCUT2D eigenvalue weighted by Crippen LogP contribution is 2.38. The summed E-state index contributed by atoms with van der Waals surface area (Å²) in [5, 5.41) is 5.48. The summed E-state index contributed by atoms with van der Waals surface area (Å²) in [7, 11) is 1.50. The Morgan fingerprint density at radius 1 is 1.24 bits per heavy atom. The van der Waals surface area contributed by atoms with Crippen LogP contribution in [0.2, 0.25) is 0 Å². The van der Waals surface area contributed by atoms with Gasteiger partial charge in [-0.05, 0) is 41.9 Å². The summed E-state index contributed by atoms with van der Waals surface area (Å²) in [6, 6.07) is 4.91. The maximum atomic E-state index is 12.9. The lowest BCUT2D eigenvalue weighted by Crippen LogP contribution is -2.54. The van der Waals surface area contributed by atoms with Crippen molar-refractivity contribution in [3.63, 3.8) is 0 Å². The normalized spacial score (nSPS) is 22.8. The number of methoxy groups -OCH3 is 1. The van der Waals surface area contributed by atoms with Gasteiger partial charge in [0.05, 0.1) is 12.8 Å². The molecule has 1 aliphatic carbocycles. The molecule has 1 saturated heterocycles. The standard InChI is InChI=1S/C24H33N3O6/c1-15-8-6-7-11-24(15)21(30)27(22(31)26-24)13-20(29)33-14-19(28)25-17-12-16(23(2,3)4)9-10-18(17)32-5/h9-10,12,15H,6-8,11,13-14H2,1-5H3,(H,25,28)(H,26,31)/t15-,24+/m0/s1. The van der Waals surface area contributed by atoms with Crippen LogP contribution in [0, 0.1) is 5.92 Å². The van der Waals surface area contributed by atoms with Crippen LogP contribution < -0.4 is 15.4 Å². The number of anilines is 1.